The third kappa shape index (κ3) is 2.33. The Morgan fingerprint density at radius 2 is 2.12 bits per heavy atom. The van der Waals surface area contributed by atoms with Crippen LogP contribution < -0.4 is 0 Å². The Balaban J connectivity index is 2.42. The molecule has 1 aliphatic carbocycles. The quantitative estimate of drug-likeness (QED) is 0.797. The van der Waals surface area contributed by atoms with Crippen molar-refractivity contribution in [2.45, 2.75) is 26.2 Å². The molecule has 90 valence electrons. The van der Waals surface area contributed by atoms with Crippen LogP contribution in [0.25, 0.3) is 5.76 Å². The maximum Gasteiger partial charge on any atom is 0.337 e. The summed E-state index contributed by atoms with van der Waals surface area (Å²) < 4.78 is 4.97. The number of esters is 1. The molecule has 17 heavy (non-hydrogen) atoms. The van der Waals surface area contributed by atoms with Crippen LogP contribution in [0.1, 0.15) is 30.9 Å². The highest BCUT2D eigenvalue weighted by atomic mass is 16.5. The topological polar surface area (TPSA) is 46.5 Å². The Hall–Kier alpha value is -1.77. The first-order valence-electron chi connectivity index (χ1n) is 5.91. The second-order valence-corrected chi connectivity index (χ2v) is 4.06. The van der Waals surface area contributed by atoms with Crippen molar-refractivity contribution in [2.75, 3.05) is 6.61 Å². The van der Waals surface area contributed by atoms with Crippen LogP contribution in [0.15, 0.2) is 29.8 Å². The maximum absolute atomic E-state index is 11.7. The first-order chi connectivity index (χ1) is 8.24. The van der Waals surface area contributed by atoms with Crippen molar-refractivity contribution in [2.24, 2.45) is 0 Å². The smallest absolute Gasteiger partial charge is 0.337 e. The molecule has 0 aliphatic heterocycles. The molecule has 1 aromatic carbocycles. The Morgan fingerprint density at radius 1 is 1.35 bits per heavy atom. The number of aliphatic hydroxyl groups is 1. The molecular weight excluding hydrogens is 216 g/mol. The van der Waals surface area contributed by atoms with Crippen molar-refractivity contribution in [1.82, 2.24) is 0 Å². The van der Waals surface area contributed by atoms with E-state index in [4.69, 9.17) is 4.74 Å². The number of hydrogen-bond acceptors (Lipinski definition) is 3. The van der Waals surface area contributed by atoms with Crippen molar-refractivity contribution in [3.05, 3.63) is 41.0 Å². The van der Waals surface area contributed by atoms with Gasteiger partial charge < -0.3 is 9.84 Å². The van der Waals surface area contributed by atoms with E-state index in [2.05, 4.69) is 0 Å². The zero-order chi connectivity index (χ0) is 12.3. The average molecular weight is 232 g/mol. The van der Waals surface area contributed by atoms with Crippen LogP contribution in [-0.4, -0.2) is 17.7 Å². The molecule has 1 N–H and O–H groups in total. The third-order valence-corrected chi connectivity index (χ3v) is 2.95. The van der Waals surface area contributed by atoms with E-state index >= 15 is 0 Å². The van der Waals surface area contributed by atoms with Gasteiger partial charge in [0.15, 0.2) is 0 Å². The van der Waals surface area contributed by atoms with Gasteiger partial charge in [-0.15, -0.1) is 0 Å². The first kappa shape index (κ1) is 11.7. The predicted molar refractivity (Wildman–Crippen MR) is 65.6 cm³/mol. The lowest BCUT2D eigenvalue weighted by molar-refractivity contribution is -0.138. The van der Waals surface area contributed by atoms with E-state index in [1.165, 1.54) is 0 Å². The van der Waals surface area contributed by atoms with E-state index in [9.17, 15) is 9.90 Å². The number of benzene rings is 1. The molecule has 1 aromatic rings. The molecule has 0 aromatic heterocycles. The molecule has 0 unspecified atom stereocenters. The molecule has 3 heteroatoms. The van der Waals surface area contributed by atoms with E-state index in [0.717, 1.165) is 24.0 Å². The Bertz CT molecular complexity index is 460. The Kier molecular flexibility index (Phi) is 3.47. The zero-order valence-corrected chi connectivity index (χ0v) is 9.90. The molecule has 0 fully saturated rings. The zero-order valence-electron chi connectivity index (χ0n) is 9.90. The number of aliphatic hydroxyl groups excluding tert-OH is 1. The highest BCUT2D eigenvalue weighted by molar-refractivity contribution is 5.96. The lowest BCUT2D eigenvalue weighted by Crippen LogP contribution is -2.09. The molecule has 0 saturated heterocycles. The van der Waals surface area contributed by atoms with E-state index in [1.807, 2.05) is 24.3 Å². The molecule has 0 amide bonds. The molecule has 0 atom stereocenters. The molecule has 3 nitrogen and oxygen atoms in total. The summed E-state index contributed by atoms with van der Waals surface area (Å²) in [5.41, 5.74) is 2.24. The van der Waals surface area contributed by atoms with Gasteiger partial charge in [-0.1, -0.05) is 24.3 Å². The molecule has 0 bridgehead atoms. The van der Waals surface area contributed by atoms with Crippen LogP contribution >= 0.6 is 0 Å². The summed E-state index contributed by atoms with van der Waals surface area (Å²) in [7, 11) is 0. The number of ether oxygens (including phenoxy) is 1. The summed E-state index contributed by atoms with van der Waals surface area (Å²) in [6.45, 7) is 2.09. The van der Waals surface area contributed by atoms with Gasteiger partial charge in [-0.25, -0.2) is 4.79 Å². The van der Waals surface area contributed by atoms with Crippen molar-refractivity contribution < 1.29 is 14.6 Å². The number of hydrogen-bond donors (Lipinski definition) is 1. The van der Waals surface area contributed by atoms with Crippen molar-refractivity contribution >= 4 is 11.7 Å². The molecule has 0 radical (unpaired) electrons. The normalized spacial score (nSPS) is 15.1. The Labute approximate surface area is 101 Å². The minimum Gasteiger partial charge on any atom is -0.507 e. The molecule has 1 aliphatic rings. The van der Waals surface area contributed by atoms with E-state index < -0.39 is 5.97 Å². The minimum atomic E-state index is -0.401. The summed E-state index contributed by atoms with van der Waals surface area (Å²) in [5, 5.41) is 10.2. The fourth-order valence-corrected chi connectivity index (χ4v) is 2.12. The second-order valence-electron chi connectivity index (χ2n) is 4.06. The van der Waals surface area contributed by atoms with Gasteiger partial charge in [0, 0.05) is 5.56 Å². The van der Waals surface area contributed by atoms with E-state index in [-0.39, 0.29) is 5.76 Å². The fraction of sp³-hybridized carbons (Fsp3) is 0.357. The molecule has 0 heterocycles. The van der Waals surface area contributed by atoms with Crippen molar-refractivity contribution in [3.8, 4) is 0 Å². The van der Waals surface area contributed by atoms with Crippen LogP contribution in [0.4, 0.5) is 0 Å². The van der Waals surface area contributed by atoms with Gasteiger partial charge in [0.1, 0.15) is 5.76 Å². The molecule has 2 rings (SSSR count). The number of carbonyl (C=O) groups is 1. The number of fused-ring (bicyclic) bond motifs is 1. The predicted octanol–water partition coefficient (Wildman–Crippen LogP) is 2.86. The van der Waals surface area contributed by atoms with Crippen LogP contribution in [0.3, 0.4) is 0 Å². The van der Waals surface area contributed by atoms with Gasteiger partial charge in [-0.05, 0) is 31.7 Å². The van der Waals surface area contributed by atoms with Gasteiger partial charge in [0.2, 0.25) is 0 Å². The highest BCUT2D eigenvalue weighted by Crippen LogP contribution is 2.28. The summed E-state index contributed by atoms with van der Waals surface area (Å²) in [5.74, 6) is -0.321. The van der Waals surface area contributed by atoms with Gasteiger partial charge in [0.05, 0.1) is 12.2 Å². The fourth-order valence-electron chi connectivity index (χ4n) is 2.12. The summed E-state index contributed by atoms with van der Waals surface area (Å²) in [6.07, 6.45) is 2.30. The van der Waals surface area contributed by atoms with E-state index in [1.54, 1.807) is 6.92 Å². The number of carbonyl (C=O) groups excluding carboxylic acids is 1. The van der Waals surface area contributed by atoms with Gasteiger partial charge in [-0.3, -0.25) is 0 Å². The average Bonchev–Trinajstić information content (AvgIpc) is 2.50. The number of rotatable bonds is 2. The van der Waals surface area contributed by atoms with Crippen LogP contribution in [0.2, 0.25) is 0 Å². The molecule has 0 saturated carbocycles. The monoisotopic (exact) mass is 232 g/mol. The third-order valence-electron chi connectivity index (χ3n) is 2.95. The van der Waals surface area contributed by atoms with Gasteiger partial charge in [0.25, 0.3) is 0 Å². The first-order valence-corrected chi connectivity index (χ1v) is 5.91. The largest absolute Gasteiger partial charge is 0.507 e. The van der Waals surface area contributed by atoms with Crippen molar-refractivity contribution in [3.63, 3.8) is 0 Å². The van der Waals surface area contributed by atoms with Gasteiger partial charge in [-0.2, -0.15) is 0 Å². The number of aryl methyl sites for hydroxylation is 1. The summed E-state index contributed by atoms with van der Waals surface area (Å²) in [4.78, 5) is 11.7. The maximum atomic E-state index is 11.7. The van der Waals surface area contributed by atoms with Gasteiger partial charge >= 0.3 is 5.97 Å². The standard InChI is InChI=1S/C14H16O3/c1-2-17-14(16)12-9-5-7-10-6-3-4-8-11(10)13(12)15/h3-4,6,8,15H,2,5,7,9H2,1H3. The Morgan fingerprint density at radius 3 is 2.88 bits per heavy atom. The summed E-state index contributed by atoms with van der Waals surface area (Å²) in [6, 6.07) is 7.64. The van der Waals surface area contributed by atoms with E-state index in [0.29, 0.717) is 18.6 Å². The van der Waals surface area contributed by atoms with Crippen LogP contribution in [0.5, 0.6) is 0 Å². The molecular formula is C14H16O3. The van der Waals surface area contributed by atoms with Crippen LogP contribution in [0, 0.1) is 0 Å². The van der Waals surface area contributed by atoms with Crippen molar-refractivity contribution in [1.29, 1.82) is 0 Å². The minimum absolute atomic E-state index is 0.0801. The molecule has 0 spiro atoms. The lowest BCUT2D eigenvalue weighted by Gasteiger charge is -2.08. The SMILES string of the molecule is CCOC(=O)C1=C(O)c2ccccc2CCC1. The van der Waals surface area contributed by atoms with Crippen LogP contribution in [-0.2, 0) is 16.0 Å². The lowest BCUT2D eigenvalue weighted by atomic mass is 10.0. The summed E-state index contributed by atoms with van der Waals surface area (Å²) >= 11 is 0. The second kappa shape index (κ2) is 5.04. The highest BCUT2D eigenvalue weighted by Gasteiger charge is 2.22.